The van der Waals surface area contributed by atoms with Crippen LogP contribution in [-0.2, 0) is 0 Å². The number of aryl methyl sites for hydroxylation is 1. The summed E-state index contributed by atoms with van der Waals surface area (Å²) in [5.41, 5.74) is 1.32. The molecular formula is C13H8ClN3O. The Bertz CT molecular complexity index is 700. The molecule has 0 saturated carbocycles. The maximum atomic E-state index is 8.61. The number of allylic oxidation sites excluding steroid dienone is 1. The maximum Gasteiger partial charge on any atom is 0.152 e. The Labute approximate surface area is 109 Å². The van der Waals surface area contributed by atoms with Crippen molar-refractivity contribution in [3.63, 3.8) is 0 Å². The smallest absolute Gasteiger partial charge is 0.152 e. The zero-order chi connectivity index (χ0) is 13.1. The Kier molecular flexibility index (Phi) is 3.23. The molecule has 1 heterocycles. The van der Waals surface area contributed by atoms with E-state index in [1.54, 1.807) is 18.2 Å². The predicted molar refractivity (Wildman–Crippen MR) is 68.9 cm³/mol. The highest BCUT2D eigenvalue weighted by Gasteiger charge is 2.06. The minimum atomic E-state index is -0.00501. The van der Waals surface area contributed by atoms with Crippen LogP contribution in [0.25, 0.3) is 11.0 Å². The first kappa shape index (κ1) is 12.0. The van der Waals surface area contributed by atoms with Gasteiger partial charge < -0.3 is 9.73 Å². The maximum absolute atomic E-state index is 8.61. The number of halogens is 1. The molecule has 0 unspecified atom stereocenters. The number of nitriles is 2. The van der Waals surface area contributed by atoms with Gasteiger partial charge in [-0.15, -0.1) is 0 Å². The highest BCUT2D eigenvalue weighted by Crippen LogP contribution is 2.30. The molecule has 0 bridgehead atoms. The summed E-state index contributed by atoms with van der Waals surface area (Å²) in [6, 6.07) is 8.90. The van der Waals surface area contributed by atoms with Gasteiger partial charge >= 0.3 is 0 Å². The highest BCUT2D eigenvalue weighted by atomic mass is 35.5. The number of rotatable bonds is 2. The zero-order valence-corrected chi connectivity index (χ0v) is 10.2. The lowest BCUT2D eigenvalue weighted by Crippen LogP contribution is -1.89. The Balaban J connectivity index is 2.39. The molecule has 1 aromatic heterocycles. The molecule has 2 rings (SSSR count). The molecule has 0 fully saturated rings. The molecule has 0 aliphatic carbocycles. The molecule has 0 aliphatic heterocycles. The van der Waals surface area contributed by atoms with E-state index in [2.05, 4.69) is 5.32 Å². The molecular weight excluding hydrogens is 250 g/mol. The molecule has 0 amide bonds. The summed E-state index contributed by atoms with van der Waals surface area (Å²) in [6.07, 6.45) is 1.34. The van der Waals surface area contributed by atoms with E-state index in [1.807, 2.05) is 19.1 Å². The van der Waals surface area contributed by atoms with Crippen molar-refractivity contribution in [2.75, 3.05) is 5.32 Å². The van der Waals surface area contributed by atoms with Crippen molar-refractivity contribution >= 4 is 28.3 Å². The van der Waals surface area contributed by atoms with Crippen LogP contribution in [0, 0.1) is 29.6 Å². The summed E-state index contributed by atoms with van der Waals surface area (Å²) < 4.78 is 5.44. The Morgan fingerprint density at radius 1 is 1.33 bits per heavy atom. The van der Waals surface area contributed by atoms with Gasteiger partial charge in [-0.05, 0) is 25.1 Å². The van der Waals surface area contributed by atoms with Crippen LogP contribution in [0.1, 0.15) is 5.76 Å². The van der Waals surface area contributed by atoms with Gasteiger partial charge in [-0.3, -0.25) is 0 Å². The van der Waals surface area contributed by atoms with Gasteiger partial charge in [0.15, 0.2) is 5.58 Å². The number of fused-ring (bicyclic) bond motifs is 1. The van der Waals surface area contributed by atoms with E-state index in [9.17, 15) is 0 Å². The van der Waals surface area contributed by atoms with E-state index < -0.39 is 0 Å². The second-order valence-electron chi connectivity index (χ2n) is 3.66. The van der Waals surface area contributed by atoms with E-state index in [0.29, 0.717) is 16.3 Å². The second kappa shape index (κ2) is 4.83. The highest BCUT2D eigenvalue weighted by molar-refractivity contribution is 6.35. The molecule has 0 spiro atoms. The van der Waals surface area contributed by atoms with E-state index in [1.165, 1.54) is 6.20 Å². The first-order valence-corrected chi connectivity index (χ1v) is 5.48. The lowest BCUT2D eigenvalue weighted by Gasteiger charge is -2.01. The fraction of sp³-hybridized carbons (Fsp3) is 0.0769. The van der Waals surface area contributed by atoms with E-state index in [4.69, 9.17) is 26.5 Å². The molecule has 88 valence electrons. The fourth-order valence-corrected chi connectivity index (χ4v) is 1.83. The molecule has 0 atom stereocenters. The van der Waals surface area contributed by atoms with E-state index in [-0.39, 0.29) is 5.57 Å². The van der Waals surface area contributed by atoms with Crippen LogP contribution >= 0.6 is 11.6 Å². The van der Waals surface area contributed by atoms with Gasteiger partial charge in [0.05, 0.1) is 5.02 Å². The van der Waals surface area contributed by atoms with Crippen LogP contribution in [0.2, 0.25) is 5.02 Å². The van der Waals surface area contributed by atoms with E-state index in [0.717, 1.165) is 11.1 Å². The van der Waals surface area contributed by atoms with Gasteiger partial charge in [-0.1, -0.05) is 11.6 Å². The summed E-state index contributed by atoms with van der Waals surface area (Å²) in [6.45, 7) is 1.84. The summed E-state index contributed by atoms with van der Waals surface area (Å²) in [5, 5.41) is 21.4. The van der Waals surface area contributed by atoms with Crippen molar-refractivity contribution in [2.24, 2.45) is 0 Å². The van der Waals surface area contributed by atoms with Crippen molar-refractivity contribution in [1.29, 1.82) is 10.5 Å². The van der Waals surface area contributed by atoms with Crippen LogP contribution in [-0.4, -0.2) is 0 Å². The minimum absolute atomic E-state index is 0.00501. The third-order valence-corrected chi connectivity index (χ3v) is 2.60. The first-order valence-electron chi connectivity index (χ1n) is 5.10. The van der Waals surface area contributed by atoms with Crippen LogP contribution in [0.3, 0.4) is 0 Å². The van der Waals surface area contributed by atoms with Crippen molar-refractivity contribution in [3.05, 3.63) is 40.8 Å². The monoisotopic (exact) mass is 257 g/mol. The van der Waals surface area contributed by atoms with Crippen molar-refractivity contribution in [1.82, 2.24) is 0 Å². The largest absolute Gasteiger partial charge is 0.460 e. The number of furan rings is 1. The first-order chi connectivity index (χ1) is 8.63. The lowest BCUT2D eigenvalue weighted by molar-refractivity contribution is 0.579. The molecule has 0 aliphatic rings. The van der Waals surface area contributed by atoms with E-state index >= 15 is 0 Å². The van der Waals surface area contributed by atoms with Crippen molar-refractivity contribution in [3.8, 4) is 12.1 Å². The average Bonchev–Trinajstić information content (AvgIpc) is 2.72. The molecule has 1 N–H and O–H groups in total. The third-order valence-electron chi connectivity index (χ3n) is 2.32. The summed E-state index contributed by atoms with van der Waals surface area (Å²) >= 11 is 6.07. The molecule has 18 heavy (non-hydrogen) atoms. The summed E-state index contributed by atoms with van der Waals surface area (Å²) in [4.78, 5) is 0. The molecule has 5 heteroatoms. The second-order valence-corrected chi connectivity index (χ2v) is 4.07. The zero-order valence-electron chi connectivity index (χ0n) is 9.49. The Morgan fingerprint density at radius 2 is 2.06 bits per heavy atom. The number of anilines is 1. The number of hydrogen-bond acceptors (Lipinski definition) is 4. The third kappa shape index (κ3) is 2.29. The lowest BCUT2D eigenvalue weighted by atomic mass is 10.2. The molecule has 1 aromatic carbocycles. The molecule has 0 radical (unpaired) electrons. The quantitative estimate of drug-likeness (QED) is 0.832. The Morgan fingerprint density at radius 3 is 2.72 bits per heavy atom. The normalized spacial score (nSPS) is 9.56. The van der Waals surface area contributed by atoms with Crippen molar-refractivity contribution in [2.45, 2.75) is 6.92 Å². The van der Waals surface area contributed by atoms with Crippen LogP contribution in [0.4, 0.5) is 5.69 Å². The summed E-state index contributed by atoms with van der Waals surface area (Å²) in [7, 11) is 0. The topological polar surface area (TPSA) is 72.8 Å². The Hall–Kier alpha value is -2.43. The predicted octanol–water partition coefficient (Wildman–Crippen LogP) is 3.74. The minimum Gasteiger partial charge on any atom is -0.460 e. The fourth-order valence-electron chi connectivity index (χ4n) is 1.57. The molecule has 0 saturated heterocycles. The SMILES string of the molecule is Cc1cc2cc(NC=C(C#N)C#N)cc(Cl)c2o1. The number of hydrogen-bond donors (Lipinski definition) is 1. The van der Waals surface area contributed by atoms with Crippen LogP contribution < -0.4 is 5.32 Å². The number of nitrogens with zero attached hydrogens (tertiary/aromatic N) is 2. The molecule has 2 aromatic rings. The van der Waals surface area contributed by atoms with Crippen molar-refractivity contribution < 1.29 is 4.42 Å². The average molecular weight is 258 g/mol. The van der Waals surface area contributed by atoms with Gasteiger partial charge in [0.25, 0.3) is 0 Å². The van der Waals surface area contributed by atoms with Gasteiger partial charge in [-0.2, -0.15) is 10.5 Å². The number of nitrogens with one attached hydrogen (secondary N) is 1. The van der Waals surface area contributed by atoms with Gasteiger partial charge in [0.2, 0.25) is 0 Å². The van der Waals surface area contributed by atoms with Gasteiger partial charge in [-0.25, -0.2) is 0 Å². The summed E-state index contributed by atoms with van der Waals surface area (Å²) in [5.74, 6) is 0.773. The molecule has 4 nitrogen and oxygen atoms in total. The standard InChI is InChI=1S/C13H8ClN3O/c1-8-2-10-3-11(4-12(14)13(10)18-8)17-7-9(5-15)6-16/h2-4,7,17H,1H3. The van der Waals surface area contributed by atoms with Gasteiger partial charge in [0, 0.05) is 17.3 Å². The number of benzene rings is 1. The van der Waals surface area contributed by atoms with Gasteiger partial charge in [0.1, 0.15) is 23.5 Å². The van der Waals surface area contributed by atoms with Crippen LogP contribution in [0.5, 0.6) is 0 Å². The van der Waals surface area contributed by atoms with Crippen LogP contribution in [0.15, 0.2) is 34.4 Å².